The molecule has 2 N–H and O–H groups in total. The van der Waals surface area contributed by atoms with E-state index in [2.05, 4.69) is 34.6 Å². The van der Waals surface area contributed by atoms with Crippen molar-refractivity contribution in [2.45, 2.75) is 38.1 Å². The number of hydrogen-bond donors (Lipinski definition) is 1. The molecule has 18 heavy (non-hydrogen) atoms. The van der Waals surface area contributed by atoms with Crippen LogP contribution in [0.2, 0.25) is 0 Å². The molecule has 1 aliphatic carbocycles. The van der Waals surface area contributed by atoms with Gasteiger partial charge in [0.1, 0.15) is 0 Å². The minimum atomic E-state index is -0.0922. The SMILES string of the molecule is Cc1nc(C(N)c2ccc(C3CCC3)cc2)cs1. The van der Waals surface area contributed by atoms with E-state index in [4.69, 9.17) is 5.73 Å². The molecule has 0 radical (unpaired) electrons. The highest BCUT2D eigenvalue weighted by atomic mass is 32.1. The van der Waals surface area contributed by atoms with Crippen LogP contribution in [0.4, 0.5) is 0 Å². The standard InChI is InChI=1S/C15H18N2S/c1-10-17-14(9-18-10)15(16)13-7-5-12(6-8-13)11-3-2-4-11/h5-9,11,15H,2-4,16H2,1H3. The van der Waals surface area contributed by atoms with Crippen LogP contribution in [-0.4, -0.2) is 4.98 Å². The van der Waals surface area contributed by atoms with Gasteiger partial charge in [-0.3, -0.25) is 0 Å². The first-order chi connectivity index (χ1) is 8.74. The van der Waals surface area contributed by atoms with E-state index in [9.17, 15) is 0 Å². The molecule has 1 atom stereocenters. The number of nitrogens with two attached hydrogens (primary N) is 1. The highest BCUT2D eigenvalue weighted by Gasteiger charge is 2.19. The molecule has 1 aromatic heterocycles. The summed E-state index contributed by atoms with van der Waals surface area (Å²) in [6.07, 6.45) is 4.07. The number of benzene rings is 1. The Kier molecular flexibility index (Phi) is 3.18. The van der Waals surface area contributed by atoms with Gasteiger partial charge in [0.25, 0.3) is 0 Å². The Balaban J connectivity index is 1.79. The van der Waals surface area contributed by atoms with Crippen LogP contribution in [0.3, 0.4) is 0 Å². The van der Waals surface area contributed by atoms with Crippen molar-refractivity contribution in [1.82, 2.24) is 4.98 Å². The fourth-order valence-electron chi connectivity index (χ4n) is 2.41. The molecule has 3 heteroatoms. The number of nitrogens with zero attached hydrogens (tertiary/aromatic N) is 1. The molecule has 1 aliphatic rings. The first-order valence-corrected chi connectivity index (χ1v) is 7.39. The van der Waals surface area contributed by atoms with E-state index in [1.165, 1.54) is 24.8 Å². The number of aryl methyl sites for hydroxylation is 1. The molecule has 2 aromatic rings. The first-order valence-electron chi connectivity index (χ1n) is 6.51. The minimum absolute atomic E-state index is 0.0922. The van der Waals surface area contributed by atoms with Crippen molar-refractivity contribution in [3.05, 3.63) is 51.5 Å². The molecule has 1 saturated carbocycles. The molecule has 3 rings (SSSR count). The maximum Gasteiger partial charge on any atom is 0.0898 e. The highest BCUT2D eigenvalue weighted by Crippen LogP contribution is 2.36. The van der Waals surface area contributed by atoms with Crippen molar-refractivity contribution in [3.63, 3.8) is 0 Å². The molecular formula is C15H18N2S. The summed E-state index contributed by atoms with van der Waals surface area (Å²) in [5.74, 6) is 0.789. The number of rotatable bonds is 3. The van der Waals surface area contributed by atoms with E-state index >= 15 is 0 Å². The molecule has 1 heterocycles. The second kappa shape index (κ2) is 4.82. The zero-order chi connectivity index (χ0) is 12.5. The van der Waals surface area contributed by atoms with Gasteiger partial charge in [0.2, 0.25) is 0 Å². The van der Waals surface area contributed by atoms with Crippen LogP contribution in [0.25, 0.3) is 0 Å². The van der Waals surface area contributed by atoms with Gasteiger partial charge in [0.05, 0.1) is 16.7 Å². The summed E-state index contributed by atoms with van der Waals surface area (Å²) in [5, 5.41) is 3.13. The van der Waals surface area contributed by atoms with E-state index in [1.54, 1.807) is 11.3 Å². The van der Waals surface area contributed by atoms with Gasteiger partial charge >= 0.3 is 0 Å². The molecule has 0 aliphatic heterocycles. The van der Waals surface area contributed by atoms with Crippen LogP contribution in [0.5, 0.6) is 0 Å². The lowest BCUT2D eigenvalue weighted by Crippen LogP contribution is -2.13. The van der Waals surface area contributed by atoms with Crippen LogP contribution >= 0.6 is 11.3 Å². The average Bonchev–Trinajstić information content (AvgIpc) is 2.74. The predicted octanol–water partition coefficient (Wildman–Crippen LogP) is 3.77. The summed E-state index contributed by atoms with van der Waals surface area (Å²) in [7, 11) is 0. The van der Waals surface area contributed by atoms with Crippen LogP contribution in [-0.2, 0) is 0 Å². The van der Waals surface area contributed by atoms with Crippen molar-refractivity contribution < 1.29 is 0 Å². The van der Waals surface area contributed by atoms with E-state index < -0.39 is 0 Å². The molecule has 1 unspecified atom stereocenters. The van der Waals surface area contributed by atoms with Gasteiger partial charge in [-0.2, -0.15) is 0 Å². The normalized spacial score (nSPS) is 17.4. The molecule has 0 saturated heterocycles. The fraction of sp³-hybridized carbons (Fsp3) is 0.400. The van der Waals surface area contributed by atoms with E-state index in [-0.39, 0.29) is 6.04 Å². The largest absolute Gasteiger partial charge is 0.319 e. The monoisotopic (exact) mass is 258 g/mol. The van der Waals surface area contributed by atoms with Gasteiger partial charge < -0.3 is 5.73 Å². The third kappa shape index (κ3) is 2.20. The molecule has 0 amide bonds. The van der Waals surface area contributed by atoms with E-state index in [0.29, 0.717) is 0 Å². The van der Waals surface area contributed by atoms with Crippen molar-refractivity contribution >= 4 is 11.3 Å². The summed E-state index contributed by atoms with van der Waals surface area (Å²) in [6.45, 7) is 2.01. The van der Waals surface area contributed by atoms with Gasteiger partial charge in [-0.05, 0) is 36.8 Å². The van der Waals surface area contributed by atoms with Gasteiger partial charge in [-0.1, -0.05) is 30.7 Å². The van der Waals surface area contributed by atoms with Crippen molar-refractivity contribution in [3.8, 4) is 0 Å². The lowest BCUT2D eigenvalue weighted by atomic mass is 9.80. The summed E-state index contributed by atoms with van der Waals surface area (Å²) < 4.78 is 0. The second-order valence-electron chi connectivity index (χ2n) is 5.06. The lowest BCUT2D eigenvalue weighted by Gasteiger charge is -2.26. The van der Waals surface area contributed by atoms with Crippen LogP contribution in [0, 0.1) is 6.92 Å². The maximum atomic E-state index is 6.25. The Morgan fingerprint density at radius 3 is 2.50 bits per heavy atom. The summed E-state index contributed by atoms with van der Waals surface area (Å²) in [4.78, 5) is 4.47. The Hall–Kier alpha value is -1.19. The van der Waals surface area contributed by atoms with Crippen molar-refractivity contribution in [2.24, 2.45) is 5.73 Å². The molecule has 1 aromatic carbocycles. The van der Waals surface area contributed by atoms with Crippen LogP contribution in [0.15, 0.2) is 29.6 Å². The Labute approximate surface area is 112 Å². The molecule has 0 spiro atoms. The highest BCUT2D eigenvalue weighted by molar-refractivity contribution is 7.09. The smallest absolute Gasteiger partial charge is 0.0898 e. The Morgan fingerprint density at radius 1 is 1.28 bits per heavy atom. The third-order valence-electron chi connectivity index (χ3n) is 3.83. The number of hydrogen-bond acceptors (Lipinski definition) is 3. The number of thiazole rings is 1. The zero-order valence-electron chi connectivity index (χ0n) is 10.6. The first kappa shape index (κ1) is 11.9. The molecule has 94 valence electrons. The number of aromatic nitrogens is 1. The molecular weight excluding hydrogens is 240 g/mol. The Morgan fingerprint density at radius 2 is 2.00 bits per heavy atom. The quantitative estimate of drug-likeness (QED) is 0.910. The predicted molar refractivity (Wildman–Crippen MR) is 75.9 cm³/mol. The lowest BCUT2D eigenvalue weighted by molar-refractivity contribution is 0.419. The molecule has 2 nitrogen and oxygen atoms in total. The van der Waals surface area contributed by atoms with Crippen molar-refractivity contribution in [1.29, 1.82) is 0 Å². The summed E-state index contributed by atoms with van der Waals surface area (Å²) in [6, 6.07) is 8.70. The average molecular weight is 258 g/mol. The molecule has 0 bridgehead atoms. The summed E-state index contributed by atoms with van der Waals surface area (Å²) >= 11 is 1.66. The summed E-state index contributed by atoms with van der Waals surface area (Å²) in [5.41, 5.74) is 9.85. The van der Waals surface area contributed by atoms with E-state index in [1.807, 2.05) is 6.92 Å². The van der Waals surface area contributed by atoms with Gasteiger partial charge in [0, 0.05) is 5.38 Å². The van der Waals surface area contributed by atoms with Crippen LogP contribution < -0.4 is 5.73 Å². The molecule has 1 fully saturated rings. The minimum Gasteiger partial charge on any atom is -0.319 e. The van der Waals surface area contributed by atoms with Gasteiger partial charge in [-0.15, -0.1) is 11.3 Å². The topological polar surface area (TPSA) is 38.9 Å². The fourth-order valence-corrected chi connectivity index (χ4v) is 3.06. The maximum absolute atomic E-state index is 6.25. The zero-order valence-corrected chi connectivity index (χ0v) is 11.4. The second-order valence-corrected chi connectivity index (χ2v) is 6.13. The Bertz CT molecular complexity index is 526. The van der Waals surface area contributed by atoms with Gasteiger partial charge in [0.15, 0.2) is 0 Å². The van der Waals surface area contributed by atoms with E-state index in [0.717, 1.165) is 22.2 Å². The third-order valence-corrected chi connectivity index (χ3v) is 4.62. The van der Waals surface area contributed by atoms with Crippen molar-refractivity contribution in [2.75, 3.05) is 0 Å². The van der Waals surface area contributed by atoms with Gasteiger partial charge in [-0.25, -0.2) is 4.98 Å². The van der Waals surface area contributed by atoms with Crippen LogP contribution in [0.1, 0.15) is 53.1 Å².